The van der Waals surface area contributed by atoms with Crippen molar-refractivity contribution in [2.24, 2.45) is 0 Å². The molecule has 1 amide bonds. The largest absolute Gasteiger partial charge is 0.491 e. The minimum Gasteiger partial charge on any atom is -0.491 e. The number of alkyl halides is 3. The molecule has 1 N–H and O–H groups in total. The third-order valence-corrected chi connectivity index (χ3v) is 14.8. The van der Waals surface area contributed by atoms with Crippen LogP contribution in [0.1, 0.15) is 58.1 Å². The highest BCUT2D eigenvalue weighted by atomic mass is 35.5. The molecule has 52 heavy (non-hydrogen) atoms. The van der Waals surface area contributed by atoms with Crippen molar-refractivity contribution in [1.29, 1.82) is 0 Å². The lowest BCUT2D eigenvalue weighted by molar-refractivity contribution is -0.137. The van der Waals surface area contributed by atoms with E-state index in [-0.39, 0.29) is 41.2 Å². The van der Waals surface area contributed by atoms with Crippen LogP contribution in [0, 0.1) is 0 Å². The number of benzene rings is 3. The van der Waals surface area contributed by atoms with Gasteiger partial charge in [-0.2, -0.15) is 13.2 Å². The molecule has 4 rings (SSSR count). The molecule has 0 aliphatic heterocycles. The predicted molar refractivity (Wildman–Crippen MR) is 200 cm³/mol. The van der Waals surface area contributed by atoms with Crippen molar-refractivity contribution >= 4 is 52.3 Å². The fraction of sp³-hybridized carbons (Fsp3) is 0.316. The predicted octanol–water partition coefficient (Wildman–Crippen LogP) is 8.15. The average molecular weight is 775 g/mol. The number of carbonyl (C=O) groups is 1. The highest BCUT2D eigenvalue weighted by Gasteiger charge is 2.50. The van der Waals surface area contributed by atoms with Gasteiger partial charge in [-0.05, 0) is 46.1 Å². The Morgan fingerprint density at radius 3 is 2.12 bits per heavy atom. The number of ether oxygens (including phenoxy) is 2. The van der Waals surface area contributed by atoms with E-state index >= 15 is 0 Å². The SMILES string of the molecule is CCCCCS(=O)(=O)NC(=O)/C=C/c1ccc(OCCO[Si](c2ccccc2)(c2ccccc2)C(C)(C)C)cc1Oc1ncc(C(F)(F)F)cc1Cl. The van der Waals surface area contributed by atoms with E-state index in [1.807, 2.05) is 48.0 Å². The van der Waals surface area contributed by atoms with Crippen LogP contribution >= 0.6 is 11.6 Å². The second kappa shape index (κ2) is 17.6. The van der Waals surface area contributed by atoms with Crippen LogP contribution in [0.3, 0.4) is 0 Å². The number of pyridine rings is 1. The van der Waals surface area contributed by atoms with Crippen LogP contribution in [0.2, 0.25) is 10.1 Å². The molecule has 0 saturated heterocycles. The molecule has 1 aromatic heterocycles. The maximum atomic E-state index is 13.2. The van der Waals surface area contributed by atoms with E-state index in [9.17, 15) is 26.4 Å². The van der Waals surface area contributed by atoms with Gasteiger partial charge in [-0.15, -0.1) is 0 Å². The van der Waals surface area contributed by atoms with Gasteiger partial charge in [0.2, 0.25) is 15.9 Å². The zero-order valence-electron chi connectivity index (χ0n) is 29.4. The molecule has 0 saturated carbocycles. The summed E-state index contributed by atoms with van der Waals surface area (Å²) in [6.45, 7) is 8.79. The van der Waals surface area contributed by atoms with Crippen LogP contribution in [0.5, 0.6) is 17.4 Å². The fourth-order valence-electron chi connectivity index (χ4n) is 5.65. The molecule has 0 spiro atoms. The van der Waals surface area contributed by atoms with E-state index < -0.39 is 41.0 Å². The Labute approximate surface area is 309 Å². The average Bonchev–Trinajstić information content (AvgIpc) is 3.08. The van der Waals surface area contributed by atoms with Gasteiger partial charge < -0.3 is 13.9 Å². The van der Waals surface area contributed by atoms with Crippen molar-refractivity contribution < 1.29 is 40.3 Å². The lowest BCUT2D eigenvalue weighted by Gasteiger charge is -2.43. The van der Waals surface area contributed by atoms with Crippen molar-refractivity contribution in [3.8, 4) is 17.4 Å². The monoisotopic (exact) mass is 774 g/mol. The summed E-state index contributed by atoms with van der Waals surface area (Å²) in [5.74, 6) is -1.04. The van der Waals surface area contributed by atoms with Gasteiger partial charge >= 0.3 is 6.18 Å². The van der Waals surface area contributed by atoms with Gasteiger partial charge in [-0.3, -0.25) is 4.79 Å². The molecular weight excluding hydrogens is 733 g/mol. The number of carbonyl (C=O) groups excluding carboxylic acids is 1. The topological polar surface area (TPSA) is 104 Å². The van der Waals surface area contributed by atoms with Crippen LogP contribution in [0.15, 0.2) is 97.2 Å². The maximum absolute atomic E-state index is 13.2. The first-order chi connectivity index (χ1) is 24.6. The number of aromatic nitrogens is 1. The van der Waals surface area contributed by atoms with Crippen LogP contribution in [-0.2, 0) is 25.4 Å². The summed E-state index contributed by atoms with van der Waals surface area (Å²) in [4.78, 5) is 16.3. The molecule has 4 aromatic rings. The number of amides is 1. The first-order valence-corrected chi connectivity index (χ1v) is 20.6. The lowest BCUT2D eigenvalue weighted by Crippen LogP contribution is -2.66. The van der Waals surface area contributed by atoms with Crippen LogP contribution in [0.25, 0.3) is 6.08 Å². The van der Waals surface area contributed by atoms with Crippen molar-refractivity contribution in [1.82, 2.24) is 9.71 Å². The Morgan fingerprint density at radius 2 is 1.56 bits per heavy atom. The molecular formula is C38H42ClF3N2O6SSi. The van der Waals surface area contributed by atoms with Crippen molar-refractivity contribution in [3.05, 3.63) is 113 Å². The number of nitrogens with zero attached hydrogens (tertiary/aromatic N) is 1. The fourth-order valence-corrected chi connectivity index (χ4v) is 11.5. The molecule has 0 aliphatic carbocycles. The van der Waals surface area contributed by atoms with Gasteiger partial charge in [0, 0.05) is 23.9 Å². The first kappa shape index (κ1) is 40.6. The number of hydrogen-bond donors (Lipinski definition) is 1. The molecule has 8 nitrogen and oxygen atoms in total. The number of nitrogens with one attached hydrogen (secondary N) is 1. The number of sulfonamides is 1. The molecule has 278 valence electrons. The summed E-state index contributed by atoms with van der Waals surface area (Å²) in [7, 11) is -6.67. The standard InChI is InChI=1S/C38H42ClF3N2O6SSi/c1-5-6-13-24-51(46,47)44-35(45)21-19-28-18-20-30(26-34(28)50-36-33(39)25-29(27-43-36)38(40,41)42)48-22-23-49-52(37(2,3)4,31-14-9-7-10-15-31)32-16-11-8-12-17-32/h7-12,14-21,25-27H,5-6,13,22-24H2,1-4H3,(H,44,45)/b21-19+. The van der Waals surface area contributed by atoms with Gasteiger partial charge in [0.25, 0.3) is 14.2 Å². The van der Waals surface area contributed by atoms with E-state index in [0.29, 0.717) is 30.9 Å². The molecule has 1 heterocycles. The lowest BCUT2D eigenvalue weighted by atomic mass is 10.1. The second-order valence-electron chi connectivity index (χ2n) is 13.0. The number of unbranched alkanes of at least 4 members (excludes halogenated alkanes) is 2. The van der Waals surface area contributed by atoms with E-state index in [2.05, 4.69) is 50.0 Å². The molecule has 0 unspecified atom stereocenters. The van der Waals surface area contributed by atoms with Gasteiger partial charge in [-0.1, -0.05) is 113 Å². The molecule has 0 bridgehead atoms. The third-order valence-electron chi connectivity index (χ3n) is 8.10. The zero-order valence-corrected chi connectivity index (χ0v) is 31.9. The van der Waals surface area contributed by atoms with E-state index in [4.69, 9.17) is 25.5 Å². The minimum absolute atomic E-state index is 0.0365. The van der Waals surface area contributed by atoms with E-state index in [0.717, 1.165) is 22.9 Å². The first-order valence-electron chi connectivity index (χ1n) is 16.7. The molecule has 14 heteroatoms. The van der Waals surface area contributed by atoms with Crippen LogP contribution < -0.4 is 24.6 Å². The van der Waals surface area contributed by atoms with Crippen LogP contribution in [0.4, 0.5) is 13.2 Å². The maximum Gasteiger partial charge on any atom is 0.417 e. The van der Waals surface area contributed by atoms with Crippen molar-refractivity contribution in [2.75, 3.05) is 19.0 Å². The summed E-state index contributed by atoms with van der Waals surface area (Å²) in [6, 6.07) is 25.6. The van der Waals surface area contributed by atoms with Gasteiger partial charge in [0.1, 0.15) is 23.1 Å². The summed E-state index contributed by atoms with van der Waals surface area (Å²) in [5.41, 5.74) is -0.785. The third kappa shape index (κ3) is 10.7. The highest BCUT2D eigenvalue weighted by molar-refractivity contribution is 7.90. The smallest absolute Gasteiger partial charge is 0.417 e. The molecule has 3 aromatic carbocycles. The second-order valence-corrected chi connectivity index (χ2v) is 19.6. The van der Waals surface area contributed by atoms with E-state index in [1.54, 1.807) is 12.1 Å². The van der Waals surface area contributed by atoms with Gasteiger partial charge in [-0.25, -0.2) is 18.1 Å². The molecule has 0 fully saturated rings. The van der Waals surface area contributed by atoms with Gasteiger partial charge in [0.05, 0.1) is 17.9 Å². The van der Waals surface area contributed by atoms with Crippen LogP contribution in [-0.4, -0.2) is 46.6 Å². The normalized spacial score (nSPS) is 12.5. The Balaban J connectivity index is 1.59. The Bertz CT molecular complexity index is 1900. The quantitative estimate of drug-likeness (QED) is 0.0697. The van der Waals surface area contributed by atoms with Crippen molar-refractivity contribution in [3.63, 3.8) is 0 Å². The summed E-state index contributed by atoms with van der Waals surface area (Å²) < 4.78 is 85.2. The van der Waals surface area contributed by atoms with Gasteiger partial charge in [0.15, 0.2) is 0 Å². The number of halogens is 4. The molecule has 0 aliphatic rings. The minimum atomic E-state index is -4.67. The zero-order chi connectivity index (χ0) is 38.0. The number of hydrogen-bond acceptors (Lipinski definition) is 7. The number of rotatable bonds is 16. The Hall–Kier alpha value is -4.17. The molecule has 0 atom stereocenters. The highest BCUT2D eigenvalue weighted by Crippen LogP contribution is 2.38. The Kier molecular flexibility index (Phi) is 13.7. The summed E-state index contributed by atoms with van der Waals surface area (Å²) >= 11 is 6.13. The van der Waals surface area contributed by atoms with Crippen molar-refractivity contribution in [2.45, 2.75) is 58.2 Å². The Morgan fingerprint density at radius 1 is 0.923 bits per heavy atom. The summed E-state index contributed by atoms with van der Waals surface area (Å²) in [6.07, 6.45) is 0.170. The van der Waals surface area contributed by atoms with E-state index in [1.165, 1.54) is 12.1 Å². The molecule has 0 radical (unpaired) electrons. The summed E-state index contributed by atoms with van der Waals surface area (Å²) in [5, 5.41) is 1.57.